The maximum atomic E-state index is 12.5. The first-order valence-corrected chi connectivity index (χ1v) is 8.32. The smallest absolute Gasteiger partial charge is 0.242 e. The second-order valence-electron chi connectivity index (χ2n) is 5.36. The first kappa shape index (κ1) is 14.1. The number of nitrogen functional groups attached to an aromatic ring is 1. The van der Waals surface area contributed by atoms with E-state index in [9.17, 15) is 8.42 Å². The third kappa shape index (κ3) is 2.54. The molecule has 6 nitrogen and oxygen atoms in total. The Kier molecular flexibility index (Phi) is 3.26. The van der Waals surface area contributed by atoms with Crippen molar-refractivity contribution in [2.45, 2.75) is 37.6 Å². The molecule has 3 N–H and O–H groups in total. The molecule has 0 unspecified atom stereocenters. The number of nitrogens with zero attached hydrogens (tertiary/aromatic N) is 2. The minimum atomic E-state index is -3.55. The molecule has 1 aliphatic rings. The Labute approximate surface area is 124 Å². The SMILES string of the molecule is Cc1nn(-c2ccccc2S(=O)(=O)NC2CC2)c(C)c1N. The number of sulfonamides is 1. The van der Waals surface area contributed by atoms with E-state index in [0.29, 0.717) is 17.1 Å². The molecule has 1 heterocycles. The van der Waals surface area contributed by atoms with Crippen LogP contribution in [-0.2, 0) is 10.0 Å². The number of anilines is 1. The Morgan fingerprint density at radius 1 is 1.29 bits per heavy atom. The fourth-order valence-electron chi connectivity index (χ4n) is 2.23. The van der Waals surface area contributed by atoms with Crippen molar-refractivity contribution < 1.29 is 8.42 Å². The van der Waals surface area contributed by atoms with Gasteiger partial charge in [0.05, 0.1) is 22.8 Å². The highest BCUT2D eigenvalue weighted by Gasteiger charge is 2.30. The maximum absolute atomic E-state index is 12.5. The molecule has 21 heavy (non-hydrogen) atoms. The van der Waals surface area contributed by atoms with Gasteiger partial charge < -0.3 is 5.73 Å². The van der Waals surface area contributed by atoms with Gasteiger partial charge >= 0.3 is 0 Å². The molecular formula is C14H18N4O2S. The number of nitrogens with one attached hydrogen (secondary N) is 1. The molecule has 1 aromatic heterocycles. The molecule has 0 spiro atoms. The summed E-state index contributed by atoms with van der Waals surface area (Å²) in [7, 11) is -3.55. The summed E-state index contributed by atoms with van der Waals surface area (Å²) >= 11 is 0. The number of para-hydroxylation sites is 1. The fraction of sp³-hybridized carbons (Fsp3) is 0.357. The second-order valence-corrected chi connectivity index (χ2v) is 7.04. The van der Waals surface area contributed by atoms with Crippen LogP contribution < -0.4 is 10.5 Å². The quantitative estimate of drug-likeness (QED) is 0.896. The molecule has 0 atom stereocenters. The highest BCUT2D eigenvalue weighted by molar-refractivity contribution is 7.89. The van der Waals surface area contributed by atoms with Crippen LogP contribution >= 0.6 is 0 Å². The van der Waals surface area contributed by atoms with E-state index >= 15 is 0 Å². The summed E-state index contributed by atoms with van der Waals surface area (Å²) in [6.45, 7) is 3.63. The van der Waals surface area contributed by atoms with E-state index in [1.54, 1.807) is 35.9 Å². The second kappa shape index (κ2) is 4.85. The molecule has 2 aromatic rings. The number of hydrogen-bond acceptors (Lipinski definition) is 4. The van der Waals surface area contributed by atoms with Crippen molar-refractivity contribution in [3.05, 3.63) is 35.7 Å². The summed E-state index contributed by atoms with van der Waals surface area (Å²) in [6.07, 6.45) is 1.79. The van der Waals surface area contributed by atoms with E-state index in [4.69, 9.17) is 5.73 Å². The summed E-state index contributed by atoms with van der Waals surface area (Å²) in [5.41, 5.74) is 8.47. The summed E-state index contributed by atoms with van der Waals surface area (Å²) in [5, 5.41) is 4.35. The Bertz CT molecular complexity index is 791. The number of nitrogens with two attached hydrogens (primary N) is 1. The molecule has 112 valence electrons. The zero-order chi connectivity index (χ0) is 15.2. The molecule has 3 rings (SSSR count). The topological polar surface area (TPSA) is 90.0 Å². The lowest BCUT2D eigenvalue weighted by atomic mass is 10.3. The van der Waals surface area contributed by atoms with Gasteiger partial charge in [-0.1, -0.05) is 12.1 Å². The van der Waals surface area contributed by atoms with Crippen LogP contribution in [0.4, 0.5) is 5.69 Å². The van der Waals surface area contributed by atoms with E-state index in [-0.39, 0.29) is 10.9 Å². The van der Waals surface area contributed by atoms with Crippen LogP contribution in [0, 0.1) is 13.8 Å². The lowest BCUT2D eigenvalue weighted by molar-refractivity contribution is 0.579. The molecule has 1 fully saturated rings. The predicted molar refractivity (Wildman–Crippen MR) is 80.8 cm³/mol. The lowest BCUT2D eigenvalue weighted by Gasteiger charge is -2.12. The fourth-order valence-corrected chi connectivity index (χ4v) is 3.72. The van der Waals surface area contributed by atoms with Gasteiger partial charge in [0.2, 0.25) is 10.0 Å². The number of aromatic nitrogens is 2. The maximum Gasteiger partial charge on any atom is 0.242 e. The predicted octanol–water partition coefficient (Wildman–Crippen LogP) is 1.51. The number of hydrogen-bond donors (Lipinski definition) is 2. The van der Waals surface area contributed by atoms with E-state index < -0.39 is 10.0 Å². The highest BCUT2D eigenvalue weighted by Crippen LogP contribution is 2.27. The van der Waals surface area contributed by atoms with Gasteiger partial charge in [0, 0.05) is 6.04 Å². The minimum Gasteiger partial charge on any atom is -0.396 e. The molecule has 1 saturated carbocycles. The summed E-state index contributed by atoms with van der Waals surface area (Å²) < 4.78 is 29.3. The molecule has 7 heteroatoms. The Morgan fingerprint density at radius 3 is 2.52 bits per heavy atom. The van der Waals surface area contributed by atoms with Crippen LogP contribution in [0.3, 0.4) is 0 Å². The first-order valence-electron chi connectivity index (χ1n) is 6.83. The zero-order valence-electron chi connectivity index (χ0n) is 12.0. The summed E-state index contributed by atoms with van der Waals surface area (Å²) in [6, 6.07) is 6.89. The summed E-state index contributed by atoms with van der Waals surface area (Å²) in [5.74, 6) is 0. The van der Waals surface area contributed by atoms with Crippen LogP contribution in [0.15, 0.2) is 29.2 Å². The molecule has 0 radical (unpaired) electrons. The minimum absolute atomic E-state index is 0.0635. The van der Waals surface area contributed by atoms with Crippen molar-refractivity contribution in [1.29, 1.82) is 0 Å². The summed E-state index contributed by atoms with van der Waals surface area (Å²) in [4.78, 5) is 0.225. The van der Waals surface area contributed by atoms with Crippen molar-refractivity contribution in [2.24, 2.45) is 0 Å². The average molecular weight is 306 g/mol. The number of benzene rings is 1. The first-order chi connectivity index (χ1) is 9.90. The highest BCUT2D eigenvalue weighted by atomic mass is 32.2. The number of rotatable bonds is 4. The zero-order valence-corrected chi connectivity index (χ0v) is 12.8. The van der Waals surface area contributed by atoms with Gasteiger partial charge in [-0.05, 0) is 38.8 Å². The normalized spacial score (nSPS) is 15.3. The monoisotopic (exact) mass is 306 g/mol. The Morgan fingerprint density at radius 2 is 1.95 bits per heavy atom. The van der Waals surface area contributed by atoms with Crippen molar-refractivity contribution in [3.8, 4) is 5.69 Å². The van der Waals surface area contributed by atoms with Crippen LogP contribution in [0.25, 0.3) is 5.69 Å². The van der Waals surface area contributed by atoms with E-state index in [1.165, 1.54) is 0 Å². The Balaban J connectivity index is 2.13. The van der Waals surface area contributed by atoms with Crippen LogP contribution in [0.1, 0.15) is 24.2 Å². The molecule has 0 bridgehead atoms. The van der Waals surface area contributed by atoms with Crippen LogP contribution in [-0.4, -0.2) is 24.2 Å². The van der Waals surface area contributed by atoms with Gasteiger partial charge in [0.25, 0.3) is 0 Å². The van der Waals surface area contributed by atoms with Gasteiger partial charge in [0.1, 0.15) is 4.90 Å². The van der Waals surface area contributed by atoms with Crippen molar-refractivity contribution in [2.75, 3.05) is 5.73 Å². The van der Waals surface area contributed by atoms with Crippen molar-refractivity contribution in [1.82, 2.24) is 14.5 Å². The molecule has 1 aliphatic carbocycles. The van der Waals surface area contributed by atoms with Gasteiger partial charge in [-0.3, -0.25) is 0 Å². The van der Waals surface area contributed by atoms with Crippen molar-refractivity contribution >= 4 is 15.7 Å². The molecule has 0 aliphatic heterocycles. The average Bonchev–Trinajstić information content (AvgIpc) is 3.21. The molecule has 0 amide bonds. The third-order valence-electron chi connectivity index (χ3n) is 3.63. The standard InChI is InChI=1S/C14H18N4O2S/c1-9-14(15)10(2)18(16-9)12-5-3-4-6-13(12)21(19,20)17-11-7-8-11/h3-6,11,17H,7-8,15H2,1-2H3. The van der Waals surface area contributed by atoms with Gasteiger partial charge in [0.15, 0.2) is 0 Å². The van der Waals surface area contributed by atoms with Crippen LogP contribution in [0.5, 0.6) is 0 Å². The Hall–Kier alpha value is -1.86. The largest absolute Gasteiger partial charge is 0.396 e. The van der Waals surface area contributed by atoms with Gasteiger partial charge in [-0.25, -0.2) is 17.8 Å². The molecule has 0 saturated heterocycles. The lowest BCUT2D eigenvalue weighted by Crippen LogP contribution is -2.27. The van der Waals surface area contributed by atoms with E-state index in [2.05, 4.69) is 9.82 Å². The third-order valence-corrected chi connectivity index (χ3v) is 5.20. The number of aryl methyl sites for hydroxylation is 1. The van der Waals surface area contributed by atoms with E-state index in [0.717, 1.165) is 18.5 Å². The van der Waals surface area contributed by atoms with Gasteiger partial charge in [-0.2, -0.15) is 5.10 Å². The van der Waals surface area contributed by atoms with Crippen LogP contribution in [0.2, 0.25) is 0 Å². The van der Waals surface area contributed by atoms with Crippen molar-refractivity contribution in [3.63, 3.8) is 0 Å². The molecule has 1 aromatic carbocycles. The molecular weight excluding hydrogens is 288 g/mol. The van der Waals surface area contributed by atoms with E-state index in [1.807, 2.05) is 6.92 Å². The van der Waals surface area contributed by atoms with Gasteiger partial charge in [-0.15, -0.1) is 0 Å².